The van der Waals surface area contributed by atoms with Crippen LogP contribution >= 0.6 is 0 Å². The van der Waals surface area contributed by atoms with Crippen molar-refractivity contribution < 1.29 is 9.59 Å². The van der Waals surface area contributed by atoms with E-state index in [1.54, 1.807) is 25.5 Å². The van der Waals surface area contributed by atoms with Crippen molar-refractivity contribution in [2.75, 3.05) is 39.8 Å². The standard InChI is InChI=1S/C24H36N6O2/c1-4-6-20(18-28(3)25)22(31)29-13-9-24(10-14-29)15-21(24)16-27-23(32)30-12-8-19(17-30)7-11-26-5-2/h4-7,11,18,21H,2,8-10,12-17,25H2,1,3H3,(H,27,32)/b6-4-,19-7+,20-18+,26-11?. The Hall–Kier alpha value is -2.87. The lowest BCUT2D eigenvalue weighted by atomic mass is 9.90. The van der Waals surface area contributed by atoms with Crippen LogP contribution in [0.15, 0.2) is 53.3 Å². The van der Waals surface area contributed by atoms with Crippen LogP contribution in [0, 0.1) is 11.3 Å². The zero-order valence-corrected chi connectivity index (χ0v) is 19.3. The van der Waals surface area contributed by atoms with Crippen LogP contribution < -0.4 is 11.2 Å². The van der Waals surface area contributed by atoms with Crippen LogP contribution in [0.3, 0.4) is 0 Å². The monoisotopic (exact) mass is 440 g/mol. The molecule has 0 aromatic heterocycles. The summed E-state index contributed by atoms with van der Waals surface area (Å²) >= 11 is 0. The molecule has 1 aliphatic carbocycles. The average Bonchev–Trinajstić information content (AvgIpc) is 3.21. The van der Waals surface area contributed by atoms with Crippen LogP contribution in [0.5, 0.6) is 0 Å². The largest absolute Gasteiger partial charge is 0.339 e. The summed E-state index contributed by atoms with van der Waals surface area (Å²) in [6, 6.07) is 0.00996. The van der Waals surface area contributed by atoms with Crippen LogP contribution in [0.4, 0.5) is 4.79 Å². The number of hydrogen-bond donors (Lipinski definition) is 2. The van der Waals surface area contributed by atoms with E-state index in [2.05, 4.69) is 16.9 Å². The number of carbonyl (C=O) groups is 2. The highest BCUT2D eigenvalue weighted by Gasteiger charge is 2.54. The van der Waals surface area contributed by atoms with Gasteiger partial charge in [-0.05, 0) is 55.6 Å². The molecule has 8 nitrogen and oxygen atoms in total. The van der Waals surface area contributed by atoms with Crippen molar-refractivity contribution in [1.82, 2.24) is 20.1 Å². The third-order valence-corrected chi connectivity index (χ3v) is 6.73. The highest BCUT2D eigenvalue weighted by molar-refractivity contribution is 5.96. The fraction of sp³-hybridized carbons (Fsp3) is 0.542. The first kappa shape index (κ1) is 23.8. The molecule has 1 atom stereocenters. The molecule has 3 N–H and O–H groups in total. The Balaban J connectivity index is 1.43. The lowest BCUT2D eigenvalue weighted by Crippen LogP contribution is -2.42. The van der Waals surface area contributed by atoms with Gasteiger partial charge < -0.3 is 20.1 Å². The zero-order valence-electron chi connectivity index (χ0n) is 19.3. The number of allylic oxidation sites excluding steroid dienone is 2. The van der Waals surface area contributed by atoms with Crippen LogP contribution in [-0.4, -0.2) is 72.7 Å². The van der Waals surface area contributed by atoms with Crippen LogP contribution in [0.1, 0.15) is 32.6 Å². The summed E-state index contributed by atoms with van der Waals surface area (Å²) in [6.45, 7) is 9.05. The number of likely N-dealkylation sites (tertiary alicyclic amines) is 2. The van der Waals surface area contributed by atoms with Crippen molar-refractivity contribution in [3.8, 4) is 0 Å². The first-order valence-corrected chi connectivity index (χ1v) is 11.3. The van der Waals surface area contributed by atoms with Crippen LogP contribution in [0.2, 0.25) is 0 Å². The minimum absolute atomic E-state index is 0.00996. The van der Waals surface area contributed by atoms with Gasteiger partial charge in [-0.3, -0.25) is 9.79 Å². The molecular weight excluding hydrogens is 404 g/mol. The maximum Gasteiger partial charge on any atom is 0.317 e. The number of nitrogens with zero attached hydrogens (tertiary/aromatic N) is 4. The highest BCUT2D eigenvalue weighted by atomic mass is 16.2. The second-order valence-electron chi connectivity index (χ2n) is 8.97. The molecule has 0 bridgehead atoms. The average molecular weight is 441 g/mol. The number of hydrazine groups is 1. The van der Waals surface area contributed by atoms with E-state index in [1.165, 1.54) is 16.8 Å². The molecule has 8 heteroatoms. The molecule has 1 unspecified atom stereocenters. The zero-order chi connectivity index (χ0) is 23.1. The highest BCUT2D eigenvalue weighted by Crippen LogP contribution is 2.59. The maximum absolute atomic E-state index is 12.9. The molecule has 3 fully saturated rings. The SMILES string of the molecule is C=CN=C/C=C1\CCN(C(=O)NCC2CC23CCN(C(=O)C(/C=C\C)=C/N(C)N)CC3)C1. The summed E-state index contributed by atoms with van der Waals surface area (Å²) in [5.74, 6) is 6.23. The molecule has 3 aliphatic rings. The Morgan fingerprint density at radius 1 is 1.31 bits per heavy atom. The number of nitrogens with one attached hydrogen (secondary N) is 1. The number of hydrogen-bond acceptors (Lipinski definition) is 5. The second kappa shape index (κ2) is 10.6. The molecule has 2 heterocycles. The molecular formula is C24H36N6O2. The third-order valence-electron chi connectivity index (χ3n) is 6.73. The van der Waals surface area contributed by atoms with Crippen LogP contribution in [0.25, 0.3) is 0 Å². The number of aliphatic imine (C=N–C) groups is 1. The number of rotatable bonds is 7. The lowest BCUT2D eigenvalue weighted by Gasteiger charge is -2.33. The molecule has 32 heavy (non-hydrogen) atoms. The van der Waals surface area contributed by atoms with E-state index in [4.69, 9.17) is 5.84 Å². The minimum atomic E-state index is 0.00996. The van der Waals surface area contributed by atoms with Crippen molar-refractivity contribution in [3.05, 3.63) is 48.4 Å². The van der Waals surface area contributed by atoms with Gasteiger partial charge in [0.1, 0.15) is 0 Å². The number of carbonyl (C=O) groups excluding carboxylic acids is 2. The predicted octanol–water partition coefficient (Wildman–Crippen LogP) is 2.44. The molecule has 0 aromatic carbocycles. The Labute approximate surface area is 191 Å². The van der Waals surface area contributed by atoms with E-state index >= 15 is 0 Å². The maximum atomic E-state index is 12.9. The number of nitrogens with two attached hydrogens (primary N) is 1. The van der Waals surface area contributed by atoms with Gasteiger partial charge in [-0.2, -0.15) is 0 Å². The van der Waals surface area contributed by atoms with E-state index in [9.17, 15) is 9.59 Å². The van der Waals surface area contributed by atoms with E-state index in [-0.39, 0.29) is 17.4 Å². The normalized spacial score (nSPS) is 24.0. The fourth-order valence-electron chi connectivity index (χ4n) is 4.76. The summed E-state index contributed by atoms with van der Waals surface area (Å²) in [4.78, 5) is 33.1. The summed E-state index contributed by atoms with van der Waals surface area (Å²) < 4.78 is 0. The van der Waals surface area contributed by atoms with E-state index in [0.29, 0.717) is 24.6 Å². The minimum Gasteiger partial charge on any atom is -0.339 e. The molecule has 1 saturated carbocycles. The van der Waals surface area contributed by atoms with Gasteiger partial charge in [-0.25, -0.2) is 10.6 Å². The first-order chi connectivity index (χ1) is 15.4. The molecule has 174 valence electrons. The molecule has 3 amide bonds. The quantitative estimate of drug-likeness (QED) is 0.209. The fourth-order valence-corrected chi connectivity index (χ4v) is 4.76. The van der Waals surface area contributed by atoms with Gasteiger partial charge >= 0.3 is 6.03 Å². The Bertz CT molecular complexity index is 833. The number of urea groups is 1. The van der Waals surface area contributed by atoms with Crippen molar-refractivity contribution in [3.63, 3.8) is 0 Å². The Morgan fingerprint density at radius 2 is 2.06 bits per heavy atom. The number of amides is 3. The molecule has 3 rings (SSSR count). The lowest BCUT2D eigenvalue weighted by molar-refractivity contribution is -0.128. The van der Waals surface area contributed by atoms with Crippen molar-refractivity contribution in [2.24, 2.45) is 22.2 Å². The molecule has 0 radical (unpaired) electrons. The van der Waals surface area contributed by atoms with Gasteiger partial charge in [0.25, 0.3) is 5.91 Å². The Kier molecular flexibility index (Phi) is 7.90. The van der Waals surface area contributed by atoms with Gasteiger partial charge in [0.2, 0.25) is 0 Å². The molecule has 1 spiro atoms. The topological polar surface area (TPSA) is 94.3 Å². The summed E-state index contributed by atoms with van der Waals surface area (Å²) in [6.07, 6.45) is 14.5. The van der Waals surface area contributed by atoms with Crippen molar-refractivity contribution in [2.45, 2.75) is 32.6 Å². The number of piperidine rings is 1. The molecule has 2 aliphatic heterocycles. The third kappa shape index (κ3) is 5.88. The summed E-state index contributed by atoms with van der Waals surface area (Å²) in [5.41, 5.74) is 2.08. The van der Waals surface area contributed by atoms with Gasteiger partial charge in [0.05, 0.1) is 5.57 Å². The molecule has 0 aromatic rings. The van der Waals surface area contributed by atoms with Crippen LogP contribution in [-0.2, 0) is 4.79 Å². The second-order valence-corrected chi connectivity index (χ2v) is 8.97. The van der Waals surface area contributed by atoms with E-state index in [1.807, 2.05) is 28.9 Å². The van der Waals surface area contributed by atoms with Gasteiger partial charge in [0, 0.05) is 58.4 Å². The smallest absolute Gasteiger partial charge is 0.317 e. The molecule has 2 saturated heterocycles. The van der Waals surface area contributed by atoms with Gasteiger partial charge in [0.15, 0.2) is 0 Å². The predicted molar refractivity (Wildman–Crippen MR) is 128 cm³/mol. The summed E-state index contributed by atoms with van der Waals surface area (Å²) in [7, 11) is 1.71. The van der Waals surface area contributed by atoms with Gasteiger partial charge in [-0.15, -0.1) is 0 Å². The van der Waals surface area contributed by atoms with Gasteiger partial charge in [-0.1, -0.05) is 18.7 Å². The first-order valence-electron chi connectivity index (χ1n) is 11.3. The van der Waals surface area contributed by atoms with E-state index in [0.717, 1.165) is 45.3 Å². The van der Waals surface area contributed by atoms with E-state index < -0.39 is 0 Å². The van der Waals surface area contributed by atoms with Crippen molar-refractivity contribution >= 4 is 18.2 Å². The Morgan fingerprint density at radius 3 is 2.72 bits per heavy atom. The summed E-state index contributed by atoms with van der Waals surface area (Å²) in [5, 5.41) is 4.54. The van der Waals surface area contributed by atoms with Crippen molar-refractivity contribution in [1.29, 1.82) is 0 Å².